The fourth-order valence-electron chi connectivity index (χ4n) is 4.01. The van der Waals surface area contributed by atoms with E-state index in [9.17, 15) is 4.79 Å². The SMILES string of the molecule is Cc1nnc(-c2ccc3cnc(NC(=O)C4CCN(CC(C)(C)C)CC4)cc3c2)s1. The number of carbonyl (C=O) groups is 1. The Bertz CT molecular complexity index is 1050. The molecule has 0 bridgehead atoms. The number of carbonyl (C=O) groups excluding carboxylic acids is 1. The highest BCUT2D eigenvalue weighted by molar-refractivity contribution is 7.14. The molecule has 1 amide bonds. The number of hydrogen-bond acceptors (Lipinski definition) is 6. The van der Waals surface area contributed by atoms with Gasteiger partial charge in [0.05, 0.1) is 0 Å². The predicted octanol–water partition coefficient (Wildman–Crippen LogP) is 4.76. The Morgan fingerprint density at radius 3 is 2.60 bits per heavy atom. The molecule has 1 aromatic carbocycles. The van der Waals surface area contributed by atoms with Gasteiger partial charge in [-0.15, -0.1) is 10.2 Å². The third-order valence-corrected chi connectivity index (χ3v) is 6.29. The van der Waals surface area contributed by atoms with Crippen LogP contribution in [-0.2, 0) is 4.79 Å². The van der Waals surface area contributed by atoms with E-state index in [4.69, 9.17) is 0 Å². The van der Waals surface area contributed by atoms with Crippen molar-refractivity contribution in [2.24, 2.45) is 11.3 Å². The Labute approximate surface area is 181 Å². The lowest BCUT2D eigenvalue weighted by Crippen LogP contribution is -2.41. The van der Waals surface area contributed by atoms with E-state index in [0.717, 1.165) is 58.8 Å². The molecule has 30 heavy (non-hydrogen) atoms. The number of benzene rings is 1. The van der Waals surface area contributed by atoms with Crippen molar-refractivity contribution in [3.05, 3.63) is 35.5 Å². The number of hydrogen-bond donors (Lipinski definition) is 1. The highest BCUT2D eigenvalue weighted by Gasteiger charge is 2.27. The summed E-state index contributed by atoms with van der Waals surface area (Å²) >= 11 is 1.57. The molecule has 0 saturated carbocycles. The lowest BCUT2D eigenvalue weighted by molar-refractivity contribution is -0.121. The monoisotopic (exact) mass is 423 g/mol. The van der Waals surface area contributed by atoms with E-state index in [0.29, 0.717) is 5.82 Å². The number of rotatable bonds is 4. The number of nitrogens with zero attached hydrogens (tertiary/aromatic N) is 4. The van der Waals surface area contributed by atoms with Gasteiger partial charge in [0, 0.05) is 29.6 Å². The van der Waals surface area contributed by atoms with Crippen molar-refractivity contribution < 1.29 is 4.79 Å². The van der Waals surface area contributed by atoms with Gasteiger partial charge in [0.2, 0.25) is 5.91 Å². The molecule has 1 N–H and O–H groups in total. The van der Waals surface area contributed by atoms with E-state index < -0.39 is 0 Å². The number of anilines is 1. The van der Waals surface area contributed by atoms with Gasteiger partial charge in [-0.3, -0.25) is 4.79 Å². The van der Waals surface area contributed by atoms with Crippen molar-refractivity contribution in [3.8, 4) is 10.6 Å². The normalized spacial score (nSPS) is 16.1. The van der Waals surface area contributed by atoms with Gasteiger partial charge in [-0.25, -0.2) is 4.98 Å². The molecule has 0 unspecified atom stereocenters. The highest BCUT2D eigenvalue weighted by atomic mass is 32.1. The summed E-state index contributed by atoms with van der Waals surface area (Å²) in [4.78, 5) is 19.7. The van der Waals surface area contributed by atoms with Gasteiger partial charge < -0.3 is 10.2 Å². The fourth-order valence-corrected chi connectivity index (χ4v) is 4.70. The minimum absolute atomic E-state index is 0.0504. The molecule has 2 aromatic heterocycles. The fraction of sp³-hybridized carbons (Fsp3) is 0.478. The zero-order valence-corrected chi connectivity index (χ0v) is 18.9. The zero-order chi connectivity index (χ0) is 21.3. The molecule has 0 aliphatic carbocycles. The van der Waals surface area contributed by atoms with Gasteiger partial charge >= 0.3 is 0 Å². The maximum Gasteiger partial charge on any atom is 0.228 e. The minimum atomic E-state index is 0.0504. The van der Waals surface area contributed by atoms with E-state index in [-0.39, 0.29) is 17.2 Å². The first kappa shape index (κ1) is 20.9. The molecular weight excluding hydrogens is 394 g/mol. The van der Waals surface area contributed by atoms with Crippen LogP contribution in [0.2, 0.25) is 0 Å². The van der Waals surface area contributed by atoms with Crippen molar-refractivity contribution in [2.75, 3.05) is 25.0 Å². The standard InChI is InChI=1S/C23H29N5OS/c1-15-26-27-22(30-15)17-5-6-18-13-24-20(12-19(18)11-17)25-21(29)16-7-9-28(10-8-16)14-23(2,3)4/h5-6,11-13,16H,7-10,14H2,1-4H3,(H,24,25,29). The number of amides is 1. The van der Waals surface area contributed by atoms with E-state index in [1.807, 2.05) is 31.3 Å². The maximum absolute atomic E-state index is 12.8. The molecule has 1 fully saturated rings. The second-order valence-corrected chi connectivity index (χ2v) is 10.5. The molecule has 1 saturated heterocycles. The summed E-state index contributed by atoms with van der Waals surface area (Å²) in [6.45, 7) is 11.8. The van der Waals surface area contributed by atoms with Gasteiger partial charge in [-0.05, 0) is 55.8 Å². The first-order chi connectivity index (χ1) is 14.3. The minimum Gasteiger partial charge on any atom is -0.310 e. The number of fused-ring (bicyclic) bond motifs is 1. The summed E-state index contributed by atoms with van der Waals surface area (Å²) in [5.41, 5.74) is 1.32. The number of nitrogens with one attached hydrogen (secondary N) is 1. The molecule has 6 nitrogen and oxygen atoms in total. The Hall–Kier alpha value is -2.38. The Morgan fingerprint density at radius 2 is 1.93 bits per heavy atom. The first-order valence-electron chi connectivity index (χ1n) is 10.5. The molecule has 0 spiro atoms. The topological polar surface area (TPSA) is 71.0 Å². The van der Waals surface area contributed by atoms with Crippen LogP contribution in [0.25, 0.3) is 21.3 Å². The van der Waals surface area contributed by atoms with Gasteiger partial charge in [0.15, 0.2) is 0 Å². The summed E-state index contributed by atoms with van der Waals surface area (Å²) in [5.74, 6) is 0.734. The molecule has 1 aliphatic rings. The molecule has 3 aromatic rings. The van der Waals surface area contributed by atoms with Crippen LogP contribution in [0, 0.1) is 18.3 Å². The van der Waals surface area contributed by atoms with E-state index in [1.165, 1.54) is 0 Å². The smallest absolute Gasteiger partial charge is 0.228 e. The lowest BCUT2D eigenvalue weighted by atomic mass is 9.91. The van der Waals surface area contributed by atoms with Gasteiger partial charge in [0.25, 0.3) is 0 Å². The van der Waals surface area contributed by atoms with Crippen molar-refractivity contribution >= 4 is 33.8 Å². The molecule has 1 aliphatic heterocycles. The van der Waals surface area contributed by atoms with Gasteiger partial charge in [-0.2, -0.15) is 0 Å². The molecule has 158 valence electrons. The van der Waals surface area contributed by atoms with Crippen LogP contribution in [-0.4, -0.2) is 45.6 Å². The molecule has 4 rings (SSSR count). The zero-order valence-electron chi connectivity index (χ0n) is 18.1. The van der Waals surface area contributed by atoms with E-state index in [1.54, 1.807) is 11.3 Å². The Kier molecular flexibility index (Phi) is 5.84. The molecule has 3 heterocycles. The average molecular weight is 424 g/mol. The maximum atomic E-state index is 12.8. The number of aryl methyl sites for hydroxylation is 1. The highest BCUT2D eigenvalue weighted by Crippen LogP contribution is 2.28. The average Bonchev–Trinajstić information content (AvgIpc) is 3.13. The van der Waals surface area contributed by atoms with Crippen LogP contribution in [0.5, 0.6) is 0 Å². The summed E-state index contributed by atoms with van der Waals surface area (Å²) in [7, 11) is 0. The van der Waals surface area contributed by atoms with Gasteiger partial charge in [0.1, 0.15) is 15.8 Å². The lowest BCUT2D eigenvalue weighted by Gasteiger charge is -2.35. The number of piperidine rings is 1. The summed E-state index contributed by atoms with van der Waals surface area (Å²) in [6, 6.07) is 8.09. The molecular formula is C23H29N5OS. The third-order valence-electron chi connectivity index (χ3n) is 5.40. The number of pyridine rings is 1. The van der Waals surface area contributed by atoms with Crippen LogP contribution in [0.3, 0.4) is 0 Å². The third kappa shape index (κ3) is 5.02. The molecule has 7 heteroatoms. The van der Waals surface area contributed by atoms with E-state index in [2.05, 4.69) is 52.2 Å². The van der Waals surface area contributed by atoms with Crippen LogP contribution in [0.4, 0.5) is 5.82 Å². The van der Waals surface area contributed by atoms with Crippen molar-refractivity contribution in [1.29, 1.82) is 0 Å². The van der Waals surface area contributed by atoms with Crippen LogP contribution in [0.1, 0.15) is 38.6 Å². The molecule has 0 radical (unpaired) electrons. The Morgan fingerprint density at radius 1 is 1.17 bits per heavy atom. The van der Waals surface area contributed by atoms with Crippen molar-refractivity contribution in [2.45, 2.75) is 40.5 Å². The summed E-state index contributed by atoms with van der Waals surface area (Å²) < 4.78 is 0. The quantitative estimate of drug-likeness (QED) is 0.655. The Balaban J connectivity index is 1.43. The molecule has 0 atom stereocenters. The largest absolute Gasteiger partial charge is 0.310 e. The summed E-state index contributed by atoms with van der Waals surface area (Å²) in [5, 5.41) is 15.3. The number of likely N-dealkylation sites (tertiary alicyclic amines) is 1. The van der Waals surface area contributed by atoms with Crippen LogP contribution < -0.4 is 5.32 Å². The van der Waals surface area contributed by atoms with Gasteiger partial charge in [-0.1, -0.05) is 44.2 Å². The van der Waals surface area contributed by atoms with Crippen molar-refractivity contribution in [3.63, 3.8) is 0 Å². The van der Waals surface area contributed by atoms with E-state index >= 15 is 0 Å². The predicted molar refractivity (Wildman–Crippen MR) is 123 cm³/mol. The first-order valence-corrected chi connectivity index (χ1v) is 11.3. The number of aromatic nitrogens is 3. The van der Waals surface area contributed by atoms with Crippen molar-refractivity contribution in [1.82, 2.24) is 20.1 Å². The summed E-state index contributed by atoms with van der Waals surface area (Å²) in [6.07, 6.45) is 3.61. The second kappa shape index (κ2) is 8.40. The second-order valence-electron chi connectivity index (χ2n) is 9.36. The van der Waals surface area contributed by atoms with Crippen LogP contribution in [0.15, 0.2) is 30.5 Å². The van der Waals surface area contributed by atoms with Crippen LogP contribution >= 0.6 is 11.3 Å².